The number of fused-ring (bicyclic) bond motifs is 1. The van der Waals surface area contributed by atoms with Crippen LogP contribution in [0.5, 0.6) is 0 Å². The van der Waals surface area contributed by atoms with E-state index in [2.05, 4.69) is 57.2 Å². The van der Waals surface area contributed by atoms with Gasteiger partial charge in [0.15, 0.2) is 0 Å². The molecule has 1 aliphatic heterocycles. The van der Waals surface area contributed by atoms with Crippen molar-refractivity contribution >= 4 is 16.9 Å². The number of piperidine rings is 1. The number of likely N-dealkylation sites (tertiary alicyclic amines) is 1. The van der Waals surface area contributed by atoms with Crippen molar-refractivity contribution in [2.45, 2.75) is 46.5 Å². The third-order valence-corrected chi connectivity index (χ3v) is 6.30. The molecule has 0 spiro atoms. The first kappa shape index (κ1) is 18.8. The number of furan rings is 1. The third kappa shape index (κ3) is 3.71. The lowest BCUT2D eigenvalue weighted by Crippen LogP contribution is -2.39. The van der Waals surface area contributed by atoms with Crippen LogP contribution in [0.1, 0.15) is 40.7 Å². The molecule has 0 unspecified atom stereocenters. The summed E-state index contributed by atoms with van der Waals surface area (Å²) in [5.74, 6) is 0.896. The summed E-state index contributed by atoms with van der Waals surface area (Å²) < 4.78 is 5.84. The van der Waals surface area contributed by atoms with Crippen molar-refractivity contribution < 1.29 is 9.21 Å². The summed E-state index contributed by atoms with van der Waals surface area (Å²) >= 11 is 0. The van der Waals surface area contributed by atoms with Crippen LogP contribution in [0.15, 0.2) is 47.1 Å². The van der Waals surface area contributed by atoms with Gasteiger partial charge in [0.05, 0.1) is 12.7 Å². The average Bonchev–Trinajstić information content (AvgIpc) is 3.12. The predicted molar refractivity (Wildman–Crippen MR) is 114 cm³/mol. The number of benzene rings is 2. The average molecular weight is 376 g/mol. The van der Waals surface area contributed by atoms with Gasteiger partial charge in [0, 0.05) is 24.0 Å². The zero-order chi connectivity index (χ0) is 19.7. The second-order valence-corrected chi connectivity index (χ2v) is 8.29. The first-order chi connectivity index (χ1) is 13.5. The van der Waals surface area contributed by atoms with Gasteiger partial charge in [-0.15, -0.1) is 0 Å². The maximum Gasteiger partial charge on any atom is 0.227 e. The number of aryl methyl sites for hydroxylation is 3. The second kappa shape index (κ2) is 7.83. The molecule has 0 radical (unpaired) electrons. The molecule has 0 atom stereocenters. The fourth-order valence-corrected chi connectivity index (χ4v) is 4.52. The predicted octanol–water partition coefficient (Wildman–Crippen LogP) is 5.38. The Hall–Kier alpha value is -2.55. The lowest BCUT2D eigenvalue weighted by atomic mass is 9.90. The van der Waals surface area contributed by atoms with Crippen molar-refractivity contribution in [1.29, 1.82) is 0 Å². The van der Waals surface area contributed by atoms with Crippen LogP contribution in [0.3, 0.4) is 0 Å². The highest BCUT2D eigenvalue weighted by Gasteiger charge is 2.24. The first-order valence-electron chi connectivity index (χ1n) is 10.3. The normalized spacial score (nSPS) is 15.3. The van der Waals surface area contributed by atoms with E-state index in [1.54, 1.807) is 6.26 Å². The second-order valence-electron chi connectivity index (χ2n) is 8.29. The van der Waals surface area contributed by atoms with E-state index in [1.165, 1.54) is 22.3 Å². The fraction of sp³-hybridized carbons (Fsp3) is 0.400. The van der Waals surface area contributed by atoms with Crippen molar-refractivity contribution in [2.75, 3.05) is 13.1 Å². The van der Waals surface area contributed by atoms with Gasteiger partial charge < -0.3 is 9.32 Å². The maximum atomic E-state index is 12.9. The molecule has 3 heteroatoms. The third-order valence-electron chi connectivity index (χ3n) is 6.30. The van der Waals surface area contributed by atoms with E-state index >= 15 is 0 Å². The van der Waals surface area contributed by atoms with E-state index < -0.39 is 0 Å². The molecule has 1 amide bonds. The number of rotatable bonds is 4. The van der Waals surface area contributed by atoms with Crippen LogP contribution >= 0.6 is 0 Å². The molecule has 1 aliphatic rings. The SMILES string of the molecule is Cc1cc(C)c2c(CC(=O)N3CCC(Cc4ccccc4)CC3)coc2c1C. The number of carbonyl (C=O) groups is 1. The Bertz CT molecular complexity index is 979. The molecule has 0 saturated carbocycles. The van der Waals surface area contributed by atoms with Gasteiger partial charge in [-0.3, -0.25) is 4.79 Å². The first-order valence-corrected chi connectivity index (χ1v) is 10.3. The Kier molecular flexibility index (Phi) is 5.25. The van der Waals surface area contributed by atoms with Gasteiger partial charge in [0.1, 0.15) is 5.58 Å². The van der Waals surface area contributed by atoms with Crippen LogP contribution in [-0.4, -0.2) is 23.9 Å². The topological polar surface area (TPSA) is 33.5 Å². The minimum atomic E-state index is 0.221. The molecule has 0 bridgehead atoms. The molecule has 146 valence electrons. The Labute approximate surface area is 167 Å². The van der Waals surface area contributed by atoms with E-state index in [1.807, 2.05) is 4.90 Å². The lowest BCUT2D eigenvalue weighted by molar-refractivity contribution is -0.131. The molecule has 1 saturated heterocycles. The summed E-state index contributed by atoms with van der Waals surface area (Å²) in [6.45, 7) is 8.03. The zero-order valence-corrected chi connectivity index (χ0v) is 17.1. The van der Waals surface area contributed by atoms with Gasteiger partial charge >= 0.3 is 0 Å². The maximum absolute atomic E-state index is 12.9. The van der Waals surface area contributed by atoms with Crippen molar-refractivity contribution in [3.8, 4) is 0 Å². The molecule has 2 aromatic carbocycles. The van der Waals surface area contributed by atoms with Crippen LogP contribution in [0.2, 0.25) is 0 Å². The minimum Gasteiger partial charge on any atom is -0.464 e. The lowest BCUT2D eigenvalue weighted by Gasteiger charge is -2.32. The van der Waals surface area contributed by atoms with Crippen molar-refractivity contribution in [3.05, 3.63) is 70.5 Å². The molecule has 2 heterocycles. The van der Waals surface area contributed by atoms with Crippen molar-refractivity contribution in [3.63, 3.8) is 0 Å². The van der Waals surface area contributed by atoms with Crippen molar-refractivity contribution in [2.24, 2.45) is 5.92 Å². The Balaban J connectivity index is 1.40. The number of hydrogen-bond acceptors (Lipinski definition) is 2. The van der Waals surface area contributed by atoms with Crippen molar-refractivity contribution in [1.82, 2.24) is 4.90 Å². The van der Waals surface area contributed by atoms with Gasteiger partial charge in [0.25, 0.3) is 0 Å². The molecule has 0 N–H and O–H groups in total. The molecule has 4 rings (SSSR count). The summed E-state index contributed by atoms with van der Waals surface area (Å²) in [6.07, 6.45) is 5.51. The van der Waals surface area contributed by atoms with Crippen LogP contribution < -0.4 is 0 Å². The molecule has 1 fully saturated rings. The number of nitrogens with zero attached hydrogens (tertiary/aromatic N) is 1. The summed E-state index contributed by atoms with van der Waals surface area (Å²) in [5.41, 5.74) is 6.95. The molecular formula is C25H29NO2. The standard InChI is InChI=1S/C25H29NO2/c1-17-13-18(2)24-22(16-28-25(24)19(17)3)15-23(27)26-11-9-21(10-12-26)14-20-7-5-4-6-8-20/h4-8,13,16,21H,9-12,14-15H2,1-3H3. The minimum absolute atomic E-state index is 0.221. The van der Waals surface area contributed by atoms with E-state index in [4.69, 9.17) is 4.42 Å². The van der Waals surface area contributed by atoms with E-state index in [0.717, 1.165) is 48.9 Å². The van der Waals surface area contributed by atoms with Gasteiger partial charge in [-0.25, -0.2) is 0 Å². The highest BCUT2D eigenvalue weighted by molar-refractivity contribution is 5.92. The monoisotopic (exact) mass is 375 g/mol. The molecule has 3 aromatic rings. The number of hydrogen-bond donors (Lipinski definition) is 0. The van der Waals surface area contributed by atoms with Gasteiger partial charge in [-0.05, 0) is 68.2 Å². The Morgan fingerprint density at radius 2 is 1.79 bits per heavy atom. The summed E-state index contributed by atoms with van der Waals surface area (Å²) in [7, 11) is 0. The fourth-order valence-electron chi connectivity index (χ4n) is 4.52. The molecule has 3 nitrogen and oxygen atoms in total. The summed E-state index contributed by atoms with van der Waals surface area (Å²) in [5, 5.41) is 1.12. The van der Waals surface area contributed by atoms with E-state index in [9.17, 15) is 4.79 Å². The molecule has 28 heavy (non-hydrogen) atoms. The Morgan fingerprint density at radius 1 is 1.07 bits per heavy atom. The largest absolute Gasteiger partial charge is 0.464 e. The Morgan fingerprint density at radius 3 is 2.50 bits per heavy atom. The summed E-state index contributed by atoms with van der Waals surface area (Å²) in [6, 6.07) is 12.9. The number of carbonyl (C=O) groups excluding carboxylic acids is 1. The zero-order valence-electron chi connectivity index (χ0n) is 17.1. The number of amides is 1. The quantitative estimate of drug-likeness (QED) is 0.613. The van der Waals surface area contributed by atoms with Gasteiger partial charge in [-0.2, -0.15) is 0 Å². The van der Waals surface area contributed by atoms with Crippen LogP contribution in [0.4, 0.5) is 0 Å². The summed E-state index contributed by atoms with van der Waals surface area (Å²) in [4.78, 5) is 15.0. The van der Waals surface area contributed by atoms with E-state index in [-0.39, 0.29) is 5.91 Å². The highest BCUT2D eigenvalue weighted by atomic mass is 16.3. The van der Waals surface area contributed by atoms with Gasteiger partial charge in [-0.1, -0.05) is 36.4 Å². The van der Waals surface area contributed by atoms with E-state index in [0.29, 0.717) is 12.3 Å². The van der Waals surface area contributed by atoms with Crippen LogP contribution in [0, 0.1) is 26.7 Å². The molecular weight excluding hydrogens is 346 g/mol. The molecule has 0 aliphatic carbocycles. The smallest absolute Gasteiger partial charge is 0.227 e. The van der Waals surface area contributed by atoms with Crippen LogP contribution in [-0.2, 0) is 17.6 Å². The van der Waals surface area contributed by atoms with Gasteiger partial charge in [0.2, 0.25) is 5.91 Å². The molecule has 1 aromatic heterocycles. The van der Waals surface area contributed by atoms with Crippen LogP contribution in [0.25, 0.3) is 11.0 Å². The highest BCUT2D eigenvalue weighted by Crippen LogP contribution is 2.31.